The summed E-state index contributed by atoms with van der Waals surface area (Å²) in [7, 11) is 5.44. The van der Waals surface area contributed by atoms with Gasteiger partial charge in [-0.3, -0.25) is 4.98 Å². The summed E-state index contributed by atoms with van der Waals surface area (Å²) in [5.74, 6) is 0. The van der Waals surface area contributed by atoms with Gasteiger partial charge in [-0.1, -0.05) is 0 Å². The molecule has 0 saturated heterocycles. The molecule has 0 aromatic carbocycles. The van der Waals surface area contributed by atoms with Crippen molar-refractivity contribution in [1.82, 2.24) is 9.97 Å². The van der Waals surface area contributed by atoms with Crippen LogP contribution in [0.4, 0.5) is 0 Å². The van der Waals surface area contributed by atoms with E-state index in [9.17, 15) is 0 Å². The Bertz CT molecular complexity index is 206. The number of nitrogens with zero attached hydrogens (tertiary/aromatic N) is 2. The monoisotopic (exact) mass is 182 g/mol. The van der Waals surface area contributed by atoms with Gasteiger partial charge in [0.2, 0.25) is 0 Å². The molecule has 0 N–H and O–H groups in total. The van der Waals surface area contributed by atoms with Crippen LogP contribution >= 0.6 is 15.9 Å². The maximum absolute atomic E-state index is 5.44. The average molecular weight is 183 g/mol. The van der Waals surface area contributed by atoms with Crippen molar-refractivity contribution in [3.63, 3.8) is 0 Å². The van der Waals surface area contributed by atoms with Gasteiger partial charge in [-0.05, 0) is 34.0 Å². The Balaban J connectivity index is 3.25. The van der Waals surface area contributed by atoms with Gasteiger partial charge in [-0.15, -0.1) is 0 Å². The maximum atomic E-state index is 5.44. The van der Waals surface area contributed by atoms with Crippen LogP contribution in [0, 0.1) is 6.92 Å². The Kier molecular flexibility index (Phi) is 1.85. The summed E-state index contributed by atoms with van der Waals surface area (Å²) in [6.07, 6.45) is 1.42. The first-order valence-electron chi connectivity index (χ1n) is 2.44. The van der Waals surface area contributed by atoms with Gasteiger partial charge >= 0.3 is 0 Å². The summed E-state index contributed by atoms with van der Waals surface area (Å²) in [6.45, 7) is 1.86. The van der Waals surface area contributed by atoms with Gasteiger partial charge in [0, 0.05) is 0 Å². The highest BCUT2D eigenvalue weighted by Crippen LogP contribution is 2.05. The quantitative estimate of drug-likeness (QED) is 0.428. The molecule has 0 aliphatic rings. The van der Waals surface area contributed by atoms with E-state index in [4.69, 9.17) is 7.85 Å². The molecule has 1 rings (SSSR count). The lowest BCUT2D eigenvalue weighted by atomic mass is 10.0. The summed E-state index contributed by atoms with van der Waals surface area (Å²) in [5.41, 5.74) is 1.41. The Hall–Kier alpha value is -0.375. The van der Waals surface area contributed by atoms with E-state index < -0.39 is 0 Å². The fourth-order valence-electron chi connectivity index (χ4n) is 0.441. The zero-order chi connectivity index (χ0) is 6.85. The third-order valence-electron chi connectivity index (χ3n) is 1.06. The Morgan fingerprint density at radius 1 is 1.56 bits per heavy atom. The molecule has 0 unspecified atom stereocenters. The fraction of sp³-hybridized carbons (Fsp3) is 0.200. The molecule has 1 aromatic rings. The minimum atomic E-state index is 0.525. The molecule has 1 heterocycles. The molecule has 2 radical (unpaired) electrons. The zero-order valence-electron chi connectivity index (χ0n) is 4.93. The van der Waals surface area contributed by atoms with Crippen molar-refractivity contribution in [1.29, 1.82) is 0 Å². The fourth-order valence-corrected chi connectivity index (χ4v) is 0.736. The second kappa shape index (κ2) is 2.48. The van der Waals surface area contributed by atoms with Crippen LogP contribution in [0.5, 0.6) is 0 Å². The number of halogens is 1. The largest absolute Gasteiger partial charge is 0.253 e. The number of aromatic nitrogens is 2. The molecule has 0 fully saturated rings. The lowest BCUT2D eigenvalue weighted by molar-refractivity contribution is 1.13. The third-order valence-corrected chi connectivity index (χ3v) is 1.86. The highest BCUT2D eigenvalue weighted by molar-refractivity contribution is 9.10. The van der Waals surface area contributed by atoms with E-state index in [0.29, 0.717) is 5.59 Å². The van der Waals surface area contributed by atoms with Gasteiger partial charge in [0.05, 0.1) is 0 Å². The molecule has 0 aliphatic carbocycles. The molecular weight excluding hydrogens is 179 g/mol. The maximum Gasteiger partial charge on any atom is 0.142 e. The van der Waals surface area contributed by atoms with Gasteiger partial charge in [0.25, 0.3) is 0 Å². The number of hydrogen-bond donors (Lipinski definition) is 0. The van der Waals surface area contributed by atoms with Crippen LogP contribution in [-0.4, -0.2) is 17.8 Å². The Morgan fingerprint density at radius 2 is 2.22 bits per heavy atom. The van der Waals surface area contributed by atoms with E-state index in [1.54, 1.807) is 0 Å². The van der Waals surface area contributed by atoms with Gasteiger partial charge in [0.15, 0.2) is 0 Å². The molecule has 0 bridgehead atoms. The predicted octanol–water partition coefficient (Wildman–Crippen LogP) is 0.341. The Labute approximate surface area is 63.3 Å². The van der Waals surface area contributed by atoms with Crippen molar-refractivity contribution in [2.75, 3.05) is 0 Å². The van der Waals surface area contributed by atoms with Gasteiger partial charge in [-0.2, -0.15) is 0 Å². The van der Waals surface area contributed by atoms with Crippen LogP contribution in [0.25, 0.3) is 0 Å². The van der Waals surface area contributed by atoms with Crippen LogP contribution < -0.4 is 5.59 Å². The van der Waals surface area contributed by atoms with E-state index >= 15 is 0 Å². The summed E-state index contributed by atoms with van der Waals surface area (Å²) in [4.78, 5) is 7.64. The summed E-state index contributed by atoms with van der Waals surface area (Å²) in [5, 5.41) is 0. The molecule has 0 aliphatic heterocycles. The van der Waals surface area contributed by atoms with Crippen LogP contribution in [0.2, 0.25) is 0 Å². The highest BCUT2D eigenvalue weighted by atomic mass is 79.9. The second-order valence-corrected chi connectivity index (χ2v) is 2.43. The molecule has 0 saturated carbocycles. The molecule has 44 valence electrons. The molecule has 9 heavy (non-hydrogen) atoms. The first-order chi connectivity index (χ1) is 4.22. The third kappa shape index (κ3) is 1.30. The van der Waals surface area contributed by atoms with Crippen molar-refractivity contribution < 1.29 is 0 Å². The van der Waals surface area contributed by atoms with E-state index in [-0.39, 0.29) is 0 Å². The number of rotatable bonds is 0. The SMILES string of the molecule is [B]c1ncnc(Br)c1C. The first kappa shape index (κ1) is 6.74. The van der Waals surface area contributed by atoms with Crippen molar-refractivity contribution in [3.05, 3.63) is 16.5 Å². The summed E-state index contributed by atoms with van der Waals surface area (Å²) < 4.78 is 0.759. The second-order valence-electron chi connectivity index (χ2n) is 1.67. The molecule has 1 aromatic heterocycles. The van der Waals surface area contributed by atoms with Crippen LogP contribution in [0.15, 0.2) is 10.9 Å². The highest BCUT2D eigenvalue weighted by Gasteiger charge is 1.96. The smallest absolute Gasteiger partial charge is 0.142 e. The van der Waals surface area contributed by atoms with Crippen LogP contribution in [0.3, 0.4) is 0 Å². The van der Waals surface area contributed by atoms with Crippen LogP contribution in [-0.2, 0) is 0 Å². The minimum absolute atomic E-state index is 0.525. The standard InChI is InChI=1S/C5H4BBrN2/c1-3-4(6)8-2-9-5(3)7/h2H,1H3. The van der Waals surface area contributed by atoms with Gasteiger partial charge in [0.1, 0.15) is 18.8 Å². The minimum Gasteiger partial charge on any atom is -0.253 e. The summed E-state index contributed by atoms with van der Waals surface area (Å²) >= 11 is 3.21. The summed E-state index contributed by atoms with van der Waals surface area (Å²) in [6, 6.07) is 0. The average Bonchev–Trinajstić information content (AvgIpc) is 1.83. The topological polar surface area (TPSA) is 25.8 Å². The molecule has 4 heteroatoms. The molecule has 0 amide bonds. The van der Waals surface area contributed by atoms with Gasteiger partial charge < -0.3 is 0 Å². The first-order valence-corrected chi connectivity index (χ1v) is 3.23. The van der Waals surface area contributed by atoms with Crippen molar-refractivity contribution in [2.45, 2.75) is 6.92 Å². The van der Waals surface area contributed by atoms with Crippen LogP contribution in [0.1, 0.15) is 5.56 Å². The molecule has 0 atom stereocenters. The molecular formula is C5H4BBrN2. The Morgan fingerprint density at radius 3 is 2.67 bits per heavy atom. The predicted molar refractivity (Wildman–Crippen MR) is 39.9 cm³/mol. The van der Waals surface area contributed by atoms with Gasteiger partial charge in [-0.25, -0.2) is 4.98 Å². The van der Waals surface area contributed by atoms with E-state index in [2.05, 4.69) is 25.9 Å². The molecule has 2 nitrogen and oxygen atoms in total. The lowest BCUT2D eigenvalue weighted by Gasteiger charge is -1.97. The van der Waals surface area contributed by atoms with Crippen molar-refractivity contribution >= 4 is 29.4 Å². The van der Waals surface area contributed by atoms with E-state index in [1.807, 2.05) is 6.92 Å². The van der Waals surface area contributed by atoms with E-state index in [1.165, 1.54) is 6.33 Å². The zero-order valence-corrected chi connectivity index (χ0v) is 6.51. The van der Waals surface area contributed by atoms with Crippen molar-refractivity contribution in [3.8, 4) is 0 Å². The number of hydrogen-bond acceptors (Lipinski definition) is 2. The molecule has 0 spiro atoms. The normalized spacial score (nSPS) is 9.56. The lowest BCUT2D eigenvalue weighted by Crippen LogP contribution is -2.12. The van der Waals surface area contributed by atoms with E-state index in [0.717, 1.165) is 10.2 Å². The van der Waals surface area contributed by atoms with Crippen molar-refractivity contribution in [2.24, 2.45) is 0 Å².